The predicted octanol–water partition coefficient (Wildman–Crippen LogP) is 0.551. The van der Waals surface area contributed by atoms with Gasteiger partial charge in [-0.15, -0.1) is 0 Å². The quantitative estimate of drug-likeness (QED) is 0.330. The second kappa shape index (κ2) is 10.3. The van der Waals surface area contributed by atoms with Gasteiger partial charge in [-0.2, -0.15) is 12.6 Å². The Kier molecular flexibility index (Phi) is 8.08. The zero-order valence-corrected chi connectivity index (χ0v) is 15.5. The number of hydrogen-bond acceptors (Lipinski definition) is 7. The molecule has 2 N–H and O–H groups in total. The minimum Gasteiger partial charge on any atom is -0.460 e. The van der Waals surface area contributed by atoms with Crippen molar-refractivity contribution in [1.29, 1.82) is 0 Å². The van der Waals surface area contributed by atoms with Gasteiger partial charge in [0.15, 0.2) is 0 Å². The Morgan fingerprint density at radius 1 is 1.50 bits per heavy atom. The number of esters is 1. The number of carbonyl (C=O) groups excluding carboxylic acids is 2. The van der Waals surface area contributed by atoms with Crippen LogP contribution in [0.25, 0.3) is 0 Å². The van der Waals surface area contributed by atoms with E-state index in [0.717, 1.165) is 5.69 Å². The van der Waals surface area contributed by atoms with Crippen molar-refractivity contribution in [2.75, 3.05) is 19.8 Å². The molecule has 0 bridgehead atoms. The SMILES string of the molecule is C=CCOC(=O)C1N[C@@H](CC(=O)N(CCO)Cc2ccccn2)C[C@@H]1S. The van der Waals surface area contributed by atoms with Crippen LogP contribution in [-0.2, 0) is 20.9 Å². The molecular weight excluding hydrogens is 354 g/mol. The fourth-order valence-electron chi connectivity index (χ4n) is 2.90. The van der Waals surface area contributed by atoms with E-state index in [4.69, 9.17) is 4.74 Å². The van der Waals surface area contributed by atoms with Gasteiger partial charge in [0.2, 0.25) is 5.91 Å². The lowest BCUT2D eigenvalue weighted by atomic mass is 10.1. The first kappa shape index (κ1) is 20.4. The van der Waals surface area contributed by atoms with E-state index >= 15 is 0 Å². The third-order valence-corrected chi connectivity index (χ3v) is 4.66. The lowest BCUT2D eigenvalue weighted by Gasteiger charge is -2.23. The molecule has 1 aliphatic heterocycles. The zero-order valence-electron chi connectivity index (χ0n) is 14.6. The van der Waals surface area contributed by atoms with Crippen molar-refractivity contribution in [1.82, 2.24) is 15.2 Å². The van der Waals surface area contributed by atoms with Gasteiger partial charge in [0.05, 0.1) is 18.8 Å². The Balaban J connectivity index is 1.92. The number of amides is 1. The molecule has 0 aromatic carbocycles. The molecule has 2 rings (SSSR count). The predicted molar refractivity (Wildman–Crippen MR) is 101 cm³/mol. The topological polar surface area (TPSA) is 91.8 Å². The van der Waals surface area contributed by atoms with E-state index in [1.54, 1.807) is 11.1 Å². The molecule has 7 nitrogen and oxygen atoms in total. The third kappa shape index (κ3) is 5.82. The molecule has 1 fully saturated rings. The second-order valence-electron chi connectivity index (χ2n) is 6.13. The first-order valence-corrected chi connectivity index (χ1v) is 9.07. The maximum absolute atomic E-state index is 12.6. The average Bonchev–Trinajstić information content (AvgIpc) is 3.00. The van der Waals surface area contributed by atoms with Crippen LogP contribution in [-0.4, -0.2) is 64.0 Å². The summed E-state index contributed by atoms with van der Waals surface area (Å²) < 4.78 is 5.06. The van der Waals surface area contributed by atoms with E-state index < -0.39 is 6.04 Å². The molecule has 1 aromatic heterocycles. The van der Waals surface area contributed by atoms with Crippen LogP contribution >= 0.6 is 12.6 Å². The molecular formula is C18H25N3O4S. The maximum atomic E-state index is 12.6. The highest BCUT2D eigenvalue weighted by atomic mass is 32.1. The zero-order chi connectivity index (χ0) is 18.9. The molecule has 8 heteroatoms. The maximum Gasteiger partial charge on any atom is 0.324 e. The second-order valence-corrected chi connectivity index (χ2v) is 6.79. The highest BCUT2D eigenvalue weighted by molar-refractivity contribution is 7.81. The summed E-state index contributed by atoms with van der Waals surface area (Å²) in [5.74, 6) is -0.497. The van der Waals surface area contributed by atoms with E-state index in [-0.39, 0.29) is 49.3 Å². The minimum absolute atomic E-state index is 0.108. The van der Waals surface area contributed by atoms with E-state index in [0.29, 0.717) is 13.0 Å². The number of hydrogen-bond donors (Lipinski definition) is 3. The highest BCUT2D eigenvalue weighted by Gasteiger charge is 2.38. The summed E-state index contributed by atoms with van der Waals surface area (Å²) in [7, 11) is 0. The van der Waals surface area contributed by atoms with Crippen LogP contribution < -0.4 is 5.32 Å². The molecule has 0 spiro atoms. The third-order valence-electron chi connectivity index (χ3n) is 4.15. The molecule has 0 aliphatic carbocycles. The Morgan fingerprint density at radius 2 is 2.31 bits per heavy atom. The van der Waals surface area contributed by atoms with Crippen molar-refractivity contribution in [2.45, 2.75) is 36.7 Å². The average molecular weight is 379 g/mol. The summed E-state index contributed by atoms with van der Waals surface area (Å²) in [5, 5.41) is 12.2. The Hall–Kier alpha value is -1.90. The fraction of sp³-hybridized carbons (Fsp3) is 0.500. The number of nitrogens with zero attached hydrogens (tertiary/aromatic N) is 2. The number of nitrogens with one attached hydrogen (secondary N) is 1. The van der Waals surface area contributed by atoms with Gasteiger partial charge in [-0.1, -0.05) is 18.7 Å². The summed E-state index contributed by atoms with van der Waals surface area (Å²) >= 11 is 4.44. The van der Waals surface area contributed by atoms with Crippen LogP contribution in [0.5, 0.6) is 0 Å². The van der Waals surface area contributed by atoms with Crippen molar-refractivity contribution in [3.63, 3.8) is 0 Å². The Labute approximate surface area is 158 Å². The van der Waals surface area contributed by atoms with Crippen molar-refractivity contribution in [2.24, 2.45) is 0 Å². The molecule has 1 aliphatic rings. The number of aliphatic hydroxyl groups is 1. The molecule has 1 amide bonds. The lowest BCUT2D eigenvalue weighted by Crippen LogP contribution is -2.42. The normalized spacial score (nSPS) is 22.0. The molecule has 0 radical (unpaired) electrons. The van der Waals surface area contributed by atoms with E-state index in [9.17, 15) is 14.7 Å². The van der Waals surface area contributed by atoms with Gasteiger partial charge in [0.25, 0.3) is 0 Å². The Bertz CT molecular complexity index is 614. The summed E-state index contributed by atoms with van der Waals surface area (Å²) in [4.78, 5) is 30.4. The molecule has 2 heterocycles. The number of thiol groups is 1. The van der Waals surface area contributed by atoms with Gasteiger partial charge in [-0.05, 0) is 18.6 Å². The number of rotatable bonds is 9. The van der Waals surface area contributed by atoms with E-state index in [1.807, 2.05) is 18.2 Å². The molecule has 1 saturated heterocycles. The smallest absolute Gasteiger partial charge is 0.324 e. The molecule has 26 heavy (non-hydrogen) atoms. The van der Waals surface area contributed by atoms with Crippen LogP contribution in [0.2, 0.25) is 0 Å². The van der Waals surface area contributed by atoms with Crippen molar-refractivity contribution < 1.29 is 19.4 Å². The van der Waals surface area contributed by atoms with Crippen LogP contribution in [0.3, 0.4) is 0 Å². The van der Waals surface area contributed by atoms with Gasteiger partial charge in [-0.25, -0.2) is 0 Å². The molecule has 1 unspecified atom stereocenters. The fourth-order valence-corrected chi connectivity index (χ4v) is 3.36. The number of aromatic nitrogens is 1. The Morgan fingerprint density at radius 3 is 2.96 bits per heavy atom. The molecule has 3 atom stereocenters. The van der Waals surface area contributed by atoms with Crippen LogP contribution in [0.1, 0.15) is 18.5 Å². The van der Waals surface area contributed by atoms with Gasteiger partial charge >= 0.3 is 5.97 Å². The lowest BCUT2D eigenvalue weighted by molar-refractivity contribution is -0.144. The van der Waals surface area contributed by atoms with Gasteiger partial charge in [-0.3, -0.25) is 14.6 Å². The minimum atomic E-state index is -0.543. The van der Waals surface area contributed by atoms with Crippen molar-refractivity contribution >= 4 is 24.5 Å². The number of pyridine rings is 1. The standard InChI is InChI=1S/C18H25N3O4S/c1-2-9-25-18(24)17-15(26)10-14(20-17)11-16(23)21(7-8-22)12-13-5-3-4-6-19-13/h2-6,14-15,17,20,22,26H,1,7-12H2/t14-,15+,17?/m1/s1. The number of ether oxygens (including phenoxy) is 1. The van der Waals surface area contributed by atoms with Crippen LogP contribution in [0.4, 0.5) is 0 Å². The number of aliphatic hydroxyl groups excluding tert-OH is 1. The van der Waals surface area contributed by atoms with Crippen LogP contribution in [0, 0.1) is 0 Å². The molecule has 1 aromatic rings. The first-order valence-electron chi connectivity index (χ1n) is 8.55. The molecule has 0 saturated carbocycles. The first-order chi connectivity index (χ1) is 12.5. The number of carbonyl (C=O) groups is 2. The summed E-state index contributed by atoms with van der Waals surface area (Å²) in [6.45, 7) is 4.11. The van der Waals surface area contributed by atoms with Crippen LogP contribution in [0.15, 0.2) is 37.1 Å². The summed E-state index contributed by atoms with van der Waals surface area (Å²) in [6.07, 6.45) is 3.97. The van der Waals surface area contributed by atoms with Gasteiger partial charge in [0.1, 0.15) is 12.6 Å². The van der Waals surface area contributed by atoms with Crippen molar-refractivity contribution in [3.05, 3.63) is 42.7 Å². The molecule has 142 valence electrons. The largest absolute Gasteiger partial charge is 0.460 e. The van der Waals surface area contributed by atoms with E-state index in [2.05, 4.69) is 29.5 Å². The highest BCUT2D eigenvalue weighted by Crippen LogP contribution is 2.22. The monoisotopic (exact) mass is 379 g/mol. The van der Waals surface area contributed by atoms with E-state index in [1.165, 1.54) is 6.08 Å². The summed E-state index contributed by atoms with van der Waals surface area (Å²) in [5.41, 5.74) is 0.756. The van der Waals surface area contributed by atoms with Crippen molar-refractivity contribution in [3.8, 4) is 0 Å². The van der Waals surface area contributed by atoms with Gasteiger partial charge < -0.3 is 20.1 Å². The summed E-state index contributed by atoms with van der Waals surface area (Å²) in [6, 6.07) is 4.78. The van der Waals surface area contributed by atoms with Gasteiger partial charge in [0, 0.05) is 30.5 Å².